The van der Waals surface area contributed by atoms with Gasteiger partial charge in [-0.05, 0) is 49.9 Å². The van der Waals surface area contributed by atoms with Gasteiger partial charge < -0.3 is 0 Å². The van der Waals surface area contributed by atoms with Gasteiger partial charge in [0.1, 0.15) is 0 Å². The van der Waals surface area contributed by atoms with Gasteiger partial charge in [0.15, 0.2) is 5.78 Å². The first kappa shape index (κ1) is 14.4. The minimum Gasteiger partial charge on any atom is -0.294 e. The third-order valence-corrected chi connectivity index (χ3v) is 3.94. The molecule has 1 aliphatic carbocycles. The fourth-order valence-corrected chi connectivity index (χ4v) is 2.66. The van der Waals surface area contributed by atoms with Crippen LogP contribution in [0.4, 0.5) is 13.2 Å². The molecule has 0 atom stereocenters. The predicted molar refractivity (Wildman–Crippen MR) is 67.3 cm³/mol. The summed E-state index contributed by atoms with van der Waals surface area (Å²) in [6.07, 6.45) is -3.41. The molecule has 1 aliphatic rings. The van der Waals surface area contributed by atoms with Crippen LogP contribution in [0.25, 0.3) is 0 Å². The number of ketones is 1. The van der Waals surface area contributed by atoms with Crippen molar-refractivity contribution in [2.45, 2.75) is 31.9 Å². The molecule has 1 aromatic carbocycles. The summed E-state index contributed by atoms with van der Waals surface area (Å²) in [5.74, 6) is -1.61. The lowest BCUT2D eigenvalue weighted by Crippen LogP contribution is -2.30. The summed E-state index contributed by atoms with van der Waals surface area (Å²) in [5.41, 5.74) is 0.528. The number of rotatable bonds is 2. The standard InChI is InChI=1S/C14H14ClF3O/c15-12-7-3-10(4-8-12)13(19)9-1-5-11(6-2-9)14(16,17)18/h3-4,7-9,11H,1-2,5-6H2. The molecule has 0 aliphatic heterocycles. The molecule has 104 valence electrons. The molecule has 0 saturated heterocycles. The molecule has 0 heterocycles. The van der Waals surface area contributed by atoms with Gasteiger partial charge in [0.05, 0.1) is 5.92 Å². The number of hydrogen-bond acceptors (Lipinski definition) is 1. The predicted octanol–water partition coefficient (Wildman–Crippen LogP) is 4.89. The van der Waals surface area contributed by atoms with Crippen molar-refractivity contribution in [2.24, 2.45) is 11.8 Å². The average molecular weight is 291 g/mol. The van der Waals surface area contributed by atoms with Gasteiger partial charge in [0.25, 0.3) is 0 Å². The van der Waals surface area contributed by atoms with E-state index in [-0.39, 0.29) is 24.5 Å². The molecule has 0 radical (unpaired) electrons. The van der Waals surface area contributed by atoms with Gasteiger partial charge in [0.2, 0.25) is 0 Å². The molecule has 0 amide bonds. The fraction of sp³-hybridized carbons (Fsp3) is 0.500. The Hall–Kier alpha value is -1.03. The summed E-state index contributed by atoms with van der Waals surface area (Å²) in [4.78, 5) is 12.1. The van der Waals surface area contributed by atoms with Crippen molar-refractivity contribution in [3.8, 4) is 0 Å². The maximum Gasteiger partial charge on any atom is 0.391 e. The van der Waals surface area contributed by atoms with Crippen molar-refractivity contribution < 1.29 is 18.0 Å². The van der Waals surface area contributed by atoms with Gasteiger partial charge in [-0.3, -0.25) is 4.79 Å². The average Bonchev–Trinajstić information content (AvgIpc) is 2.38. The Morgan fingerprint density at radius 3 is 2.05 bits per heavy atom. The van der Waals surface area contributed by atoms with Crippen LogP contribution in [-0.4, -0.2) is 12.0 Å². The van der Waals surface area contributed by atoms with Crippen molar-refractivity contribution in [3.05, 3.63) is 34.9 Å². The highest BCUT2D eigenvalue weighted by molar-refractivity contribution is 6.30. The quantitative estimate of drug-likeness (QED) is 0.709. The molecule has 1 nitrogen and oxygen atoms in total. The maximum atomic E-state index is 12.5. The van der Waals surface area contributed by atoms with Gasteiger partial charge in [0, 0.05) is 16.5 Å². The molecule has 1 fully saturated rings. The molecule has 0 unspecified atom stereocenters. The molecule has 1 saturated carbocycles. The summed E-state index contributed by atoms with van der Waals surface area (Å²) in [6.45, 7) is 0. The Labute approximate surface area is 114 Å². The van der Waals surface area contributed by atoms with Crippen molar-refractivity contribution >= 4 is 17.4 Å². The van der Waals surface area contributed by atoms with Crippen LogP contribution in [0, 0.1) is 11.8 Å². The van der Waals surface area contributed by atoms with Crippen molar-refractivity contribution in [2.75, 3.05) is 0 Å². The van der Waals surface area contributed by atoms with Crippen molar-refractivity contribution in [3.63, 3.8) is 0 Å². The zero-order valence-corrected chi connectivity index (χ0v) is 11.0. The molecule has 0 spiro atoms. The van der Waals surface area contributed by atoms with Crippen LogP contribution in [0.3, 0.4) is 0 Å². The molecular formula is C14H14ClF3O. The Kier molecular flexibility index (Phi) is 4.19. The Bertz CT molecular complexity index is 445. The molecule has 0 N–H and O–H groups in total. The van der Waals surface area contributed by atoms with Crippen LogP contribution in [-0.2, 0) is 0 Å². The first-order valence-corrected chi connectivity index (χ1v) is 6.62. The number of Topliss-reactive ketones (excluding diaryl/α,β-unsaturated/α-hetero) is 1. The van der Waals surface area contributed by atoms with Crippen LogP contribution < -0.4 is 0 Å². The first-order chi connectivity index (χ1) is 8.88. The highest BCUT2D eigenvalue weighted by Crippen LogP contribution is 2.40. The highest BCUT2D eigenvalue weighted by atomic mass is 35.5. The molecule has 0 bridgehead atoms. The van der Waals surface area contributed by atoms with E-state index in [1.807, 2.05) is 0 Å². The van der Waals surface area contributed by atoms with E-state index in [9.17, 15) is 18.0 Å². The van der Waals surface area contributed by atoms with E-state index < -0.39 is 12.1 Å². The van der Waals surface area contributed by atoms with E-state index in [1.54, 1.807) is 24.3 Å². The molecule has 1 aromatic rings. The van der Waals surface area contributed by atoms with Gasteiger partial charge in [-0.1, -0.05) is 11.6 Å². The number of halogens is 4. The summed E-state index contributed by atoms with van der Waals surface area (Å²) >= 11 is 5.74. The Morgan fingerprint density at radius 1 is 1.05 bits per heavy atom. The van der Waals surface area contributed by atoms with E-state index in [0.717, 1.165) is 0 Å². The van der Waals surface area contributed by atoms with E-state index in [1.165, 1.54) is 0 Å². The van der Waals surface area contributed by atoms with Gasteiger partial charge in [-0.2, -0.15) is 13.2 Å². The van der Waals surface area contributed by atoms with E-state index in [4.69, 9.17) is 11.6 Å². The van der Waals surface area contributed by atoms with Crippen LogP contribution in [0.5, 0.6) is 0 Å². The van der Waals surface area contributed by atoms with Crippen LogP contribution in [0.2, 0.25) is 5.02 Å². The zero-order valence-electron chi connectivity index (χ0n) is 10.2. The first-order valence-electron chi connectivity index (χ1n) is 6.24. The molecule has 0 aromatic heterocycles. The van der Waals surface area contributed by atoms with Gasteiger partial charge in [-0.25, -0.2) is 0 Å². The molecule has 19 heavy (non-hydrogen) atoms. The lowest BCUT2D eigenvalue weighted by Gasteiger charge is -2.29. The topological polar surface area (TPSA) is 17.1 Å². The lowest BCUT2D eigenvalue weighted by atomic mass is 9.78. The third-order valence-electron chi connectivity index (χ3n) is 3.69. The van der Waals surface area contributed by atoms with E-state index in [2.05, 4.69) is 0 Å². The third kappa shape index (κ3) is 3.50. The zero-order chi connectivity index (χ0) is 14.0. The van der Waals surface area contributed by atoms with Gasteiger partial charge >= 0.3 is 6.18 Å². The van der Waals surface area contributed by atoms with Crippen LogP contribution >= 0.6 is 11.6 Å². The normalized spacial score (nSPS) is 24.2. The minimum atomic E-state index is -4.13. The second kappa shape index (κ2) is 5.53. The number of carbonyl (C=O) groups excluding carboxylic acids is 1. The molecule has 2 rings (SSSR count). The summed E-state index contributed by atoms with van der Waals surface area (Å²) < 4.78 is 37.6. The SMILES string of the molecule is O=C(c1ccc(Cl)cc1)C1CCC(C(F)(F)F)CC1. The Morgan fingerprint density at radius 2 is 1.58 bits per heavy atom. The smallest absolute Gasteiger partial charge is 0.294 e. The summed E-state index contributed by atoms with van der Waals surface area (Å²) in [6, 6.07) is 6.49. The summed E-state index contributed by atoms with van der Waals surface area (Å²) in [7, 11) is 0. The molecular weight excluding hydrogens is 277 g/mol. The highest BCUT2D eigenvalue weighted by Gasteiger charge is 2.42. The fourth-order valence-electron chi connectivity index (χ4n) is 2.53. The second-order valence-corrected chi connectivity index (χ2v) is 5.40. The lowest BCUT2D eigenvalue weighted by molar-refractivity contribution is -0.183. The summed E-state index contributed by atoms with van der Waals surface area (Å²) in [5, 5.41) is 0.539. The van der Waals surface area contributed by atoms with Crippen LogP contribution in [0.15, 0.2) is 24.3 Å². The minimum absolute atomic E-state index is 0.0491. The number of hydrogen-bond donors (Lipinski definition) is 0. The van der Waals surface area contributed by atoms with Crippen molar-refractivity contribution in [1.29, 1.82) is 0 Å². The maximum absolute atomic E-state index is 12.5. The van der Waals surface area contributed by atoms with E-state index >= 15 is 0 Å². The number of benzene rings is 1. The second-order valence-electron chi connectivity index (χ2n) is 4.96. The number of alkyl halides is 3. The monoisotopic (exact) mass is 290 g/mol. The van der Waals surface area contributed by atoms with Gasteiger partial charge in [-0.15, -0.1) is 0 Å². The van der Waals surface area contributed by atoms with E-state index in [0.29, 0.717) is 23.4 Å². The largest absolute Gasteiger partial charge is 0.391 e. The number of carbonyl (C=O) groups is 1. The molecule has 5 heteroatoms. The van der Waals surface area contributed by atoms with Crippen LogP contribution in [0.1, 0.15) is 36.0 Å². The van der Waals surface area contributed by atoms with Crippen molar-refractivity contribution in [1.82, 2.24) is 0 Å². The Balaban J connectivity index is 1.98.